The third-order valence-electron chi connectivity index (χ3n) is 5.76. The number of hydrogen-bond donors (Lipinski definition) is 0. The second-order valence-electron chi connectivity index (χ2n) is 7.73. The summed E-state index contributed by atoms with van der Waals surface area (Å²) < 4.78 is 11.1. The lowest BCUT2D eigenvalue weighted by atomic mass is 10.0. The summed E-state index contributed by atoms with van der Waals surface area (Å²) in [6.07, 6.45) is 4.01. The molecule has 0 radical (unpaired) electrons. The molecule has 2 heterocycles. The number of ether oxygens (including phenoxy) is 2. The summed E-state index contributed by atoms with van der Waals surface area (Å²) in [6, 6.07) is 15.2. The van der Waals surface area contributed by atoms with Gasteiger partial charge in [0, 0.05) is 17.7 Å². The molecule has 1 aliphatic rings. The van der Waals surface area contributed by atoms with Crippen molar-refractivity contribution >= 4 is 23.2 Å². The van der Waals surface area contributed by atoms with Crippen LogP contribution in [-0.2, 0) is 0 Å². The summed E-state index contributed by atoms with van der Waals surface area (Å²) in [7, 11) is 3.22. The Balaban J connectivity index is 1.87. The Morgan fingerprint density at radius 3 is 1.72 bits per heavy atom. The number of unbranched alkanes of at least 4 members (excludes halogenated alkanes) is 3. The van der Waals surface area contributed by atoms with Crippen LogP contribution in [0.2, 0.25) is 0 Å². The van der Waals surface area contributed by atoms with E-state index >= 15 is 0 Å². The number of thiophene rings is 1. The molecule has 32 heavy (non-hydrogen) atoms. The van der Waals surface area contributed by atoms with Crippen LogP contribution in [0.25, 0.3) is 20.9 Å². The SMILES string of the molecule is CCCCCCN1C(=O)c2c(-c3ccccc3OC)sc(-c3ccccc3OC)c2C1=O. The van der Waals surface area contributed by atoms with Gasteiger partial charge >= 0.3 is 0 Å². The molecule has 1 aromatic heterocycles. The molecule has 4 rings (SSSR count). The molecule has 1 aliphatic heterocycles. The lowest BCUT2D eigenvalue weighted by molar-refractivity contribution is 0.0652. The predicted octanol–water partition coefficient (Wildman–Crippen LogP) is 6.28. The monoisotopic (exact) mass is 449 g/mol. The molecule has 6 heteroatoms. The van der Waals surface area contributed by atoms with Crippen LogP contribution >= 0.6 is 11.3 Å². The maximum Gasteiger partial charge on any atom is 0.263 e. The average Bonchev–Trinajstić information content (AvgIpc) is 3.33. The Morgan fingerprint density at radius 1 is 0.750 bits per heavy atom. The summed E-state index contributed by atoms with van der Waals surface area (Å²) in [4.78, 5) is 29.9. The highest BCUT2D eigenvalue weighted by Crippen LogP contribution is 2.49. The molecule has 0 fully saturated rings. The molecule has 0 aliphatic carbocycles. The molecule has 2 amide bonds. The third-order valence-corrected chi connectivity index (χ3v) is 7.02. The number of benzene rings is 2. The summed E-state index contributed by atoms with van der Waals surface area (Å²) in [5.74, 6) is 0.897. The number of rotatable bonds is 9. The van der Waals surface area contributed by atoms with Gasteiger partial charge in [-0.15, -0.1) is 11.3 Å². The van der Waals surface area contributed by atoms with E-state index in [9.17, 15) is 9.59 Å². The van der Waals surface area contributed by atoms with Gasteiger partial charge in [-0.2, -0.15) is 0 Å². The van der Waals surface area contributed by atoms with Gasteiger partial charge in [0.25, 0.3) is 11.8 Å². The van der Waals surface area contributed by atoms with Crippen molar-refractivity contribution in [3.8, 4) is 32.4 Å². The first-order chi connectivity index (χ1) is 15.6. The number of fused-ring (bicyclic) bond motifs is 1. The van der Waals surface area contributed by atoms with E-state index < -0.39 is 0 Å². The van der Waals surface area contributed by atoms with Crippen molar-refractivity contribution in [3.63, 3.8) is 0 Å². The highest BCUT2D eigenvalue weighted by Gasteiger charge is 2.42. The molecule has 0 bridgehead atoms. The molecular weight excluding hydrogens is 422 g/mol. The second kappa shape index (κ2) is 9.57. The molecule has 0 saturated carbocycles. The molecule has 0 saturated heterocycles. The van der Waals surface area contributed by atoms with Crippen LogP contribution in [-0.4, -0.2) is 37.5 Å². The smallest absolute Gasteiger partial charge is 0.263 e. The van der Waals surface area contributed by atoms with Gasteiger partial charge in [0.2, 0.25) is 0 Å². The minimum Gasteiger partial charge on any atom is -0.496 e. The van der Waals surface area contributed by atoms with Crippen molar-refractivity contribution in [1.29, 1.82) is 0 Å². The Bertz CT molecular complexity index is 1070. The molecule has 5 nitrogen and oxygen atoms in total. The molecule has 0 atom stereocenters. The van der Waals surface area contributed by atoms with E-state index in [1.165, 1.54) is 16.2 Å². The Morgan fingerprint density at radius 2 is 1.25 bits per heavy atom. The van der Waals surface area contributed by atoms with E-state index in [4.69, 9.17) is 9.47 Å². The van der Waals surface area contributed by atoms with Crippen LogP contribution in [0.5, 0.6) is 11.5 Å². The van der Waals surface area contributed by atoms with Gasteiger partial charge in [0.15, 0.2) is 0 Å². The number of amides is 2. The van der Waals surface area contributed by atoms with E-state index in [-0.39, 0.29) is 11.8 Å². The van der Waals surface area contributed by atoms with Gasteiger partial charge in [0.05, 0.1) is 35.1 Å². The zero-order valence-electron chi connectivity index (χ0n) is 18.6. The molecular formula is C26H27NO4S. The summed E-state index contributed by atoms with van der Waals surface area (Å²) in [5, 5.41) is 0. The number of carbonyl (C=O) groups is 2. The number of para-hydroxylation sites is 2. The first-order valence-corrected chi connectivity index (χ1v) is 11.7. The van der Waals surface area contributed by atoms with E-state index in [1.54, 1.807) is 14.2 Å². The van der Waals surface area contributed by atoms with Gasteiger partial charge in [-0.1, -0.05) is 50.5 Å². The van der Waals surface area contributed by atoms with Crippen LogP contribution in [0.3, 0.4) is 0 Å². The van der Waals surface area contributed by atoms with Crippen LogP contribution < -0.4 is 9.47 Å². The summed E-state index contributed by atoms with van der Waals surface area (Å²) in [6.45, 7) is 2.58. The first-order valence-electron chi connectivity index (χ1n) is 10.9. The van der Waals surface area contributed by atoms with Gasteiger partial charge in [-0.3, -0.25) is 14.5 Å². The number of imide groups is 1. The standard InChI is InChI=1S/C26H27NO4S/c1-4-5-6-11-16-27-25(28)21-22(26(27)29)24(18-13-8-10-15-20(18)31-3)32-23(21)17-12-7-9-14-19(17)30-2/h7-10,12-15H,4-6,11,16H2,1-3H3. The first kappa shape index (κ1) is 22.1. The van der Waals surface area contributed by atoms with Gasteiger partial charge in [-0.25, -0.2) is 0 Å². The number of hydrogen-bond acceptors (Lipinski definition) is 5. The number of carbonyl (C=O) groups excluding carboxylic acids is 2. The van der Waals surface area contributed by atoms with Crippen LogP contribution in [0, 0.1) is 0 Å². The van der Waals surface area contributed by atoms with E-state index in [1.807, 2.05) is 48.5 Å². The third kappa shape index (κ3) is 3.79. The van der Waals surface area contributed by atoms with Crippen molar-refractivity contribution in [3.05, 3.63) is 59.7 Å². The molecule has 166 valence electrons. The Labute approximate surface area is 192 Å². The second-order valence-corrected chi connectivity index (χ2v) is 8.75. The summed E-state index contributed by atoms with van der Waals surface area (Å²) >= 11 is 1.44. The van der Waals surface area contributed by atoms with Crippen molar-refractivity contribution in [2.24, 2.45) is 0 Å². The van der Waals surface area contributed by atoms with Gasteiger partial charge in [-0.05, 0) is 30.7 Å². The fraction of sp³-hybridized carbons (Fsp3) is 0.308. The van der Waals surface area contributed by atoms with Gasteiger partial charge in [0.1, 0.15) is 11.5 Å². The quantitative estimate of drug-likeness (QED) is 0.285. The molecule has 2 aromatic carbocycles. The zero-order chi connectivity index (χ0) is 22.7. The number of nitrogens with zero attached hydrogens (tertiary/aromatic N) is 1. The maximum absolute atomic E-state index is 13.5. The van der Waals surface area contributed by atoms with Crippen molar-refractivity contribution in [2.75, 3.05) is 20.8 Å². The Hall–Kier alpha value is -3.12. The lowest BCUT2D eigenvalue weighted by Gasteiger charge is -2.15. The van der Waals surface area contributed by atoms with Crippen LogP contribution in [0.15, 0.2) is 48.5 Å². The Kier molecular flexibility index (Phi) is 6.61. The van der Waals surface area contributed by atoms with Crippen LogP contribution in [0.1, 0.15) is 53.3 Å². The van der Waals surface area contributed by atoms with Crippen molar-refractivity contribution in [1.82, 2.24) is 4.90 Å². The van der Waals surface area contributed by atoms with E-state index in [0.29, 0.717) is 29.2 Å². The average molecular weight is 450 g/mol. The fourth-order valence-electron chi connectivity index (χ4n) is 4.14. The molecule has 0 unspecified atom stereocenters. The maximum atomic E-state index is 13.5. The summed E-state index contributed by atoms with van der Waals surface area (Å²) in [5.41, 5.74) is 2.57. The zero-order valence-corrected chi connectivity index (χ0v) is 19.5. The van der Waals surface area contributed by atoms with Crippen molar-refractivity contribution < 1.29 is 19.1 Å². The van der Waals surface area contributed by atoms with E-state index in [0.717, 1.165) is 46.6 Å². The van der Waals surface area contributed by atoms with E-state index in [2.05, 4.69) is 6.92 Å². The molecule has 0 spiro atoms. The fourth-order valence-corrected chi connectivity index (χ4v) is 5.49. The highest BCUT2D eigenvalue weighted by molar-refractivity contribution is 7.20. The minimum absolute atomic E-state index is 0.222. The minimum atomic E-state index is -0.222. The normalized spacial score (nSPS) is 12.9. The molecule has 0 N–H and O–H groups in total. The topological polar surface area (TPSA) is 55.8 Å². The van der Waals surface area contributed by atoms with Gasteiger partial charge < -0.3 is 9.47 Å². The van der Waals surface area contributed by atoms with Crippen molar-refractivity contribution in [2.45, 2.75) is 32.6 Å². The highest BCUT2D eigenvalue weighted by atomic mass is 32.1. The molecule has 3 aromatic rings. The van der Waals surface area contributed by atoms with Crippen LogP contribution in [0.4, 0.5) is 0 Å². The largest absolute Gasteiger partial charge is 0.496 e. The lowest BCUT2D eigenvalue weighted by Crippen LogP contribution is -2.31. The number of methoxy groups -OCH3 is 2. The predicted molar refractivity (Wildman–Crippen MR) is 128 cm³/mol.